The predicted octanol–water partition coefficient (Wildman–Crippen LogP) is 4.42. The number of halogens is 1. The molecule has 1 aliphatic heterocycles. The van der Waals surface area contributed by atoms with Crippen molar-refractivity contribution >= 4 is 29.4 Å². The summed E-state index contributed by atoms with van der Waals surface area (Å²) in [6.07, 6.45) is 2.37. The number of hydrogen-bond donors (Lipinski definition) is 2. The molecule has 1 saturated heterocycles. The van der Waals surface area contributed by atoms with Gasteiger partial charge in [0.05, 0.1) is 0 Å². The van der Waals surface area contributed by atoms with Gasteiger partial charge in [0.2, 0.25) is 0 Å². The first-order valence-electron chi connectivity index (χ1n) is 9.31. The third kappa shape index (κ3) is 5.89. The van der Waals surface area contributed by atoms with E-state index in [0.717, 1.165) is 37.9 Å². The number of carbonyl (C=O) groups is 2. The van der Waals surface area contributed by atoms with Crippen molar-refractivity contribution in [3.8, 4) is 0 Å². The maximum absolute atomic E-state index is 11.9. The molecular weight excluding hydrogens is 378 g/mol. The molecule has 0 aromatic heterocycles. The Morgan fingerprint density at radius 2 is 1.64 bits per heavy atom. The Hall–Kier alpha value is -2.73. The smallest absolute Gasteiger partial charge is 0.411 e. The van der Waals surface area contributed by atoms with Gasteiger partial charge >= 0.3 is 12.1 Å². The summed E-state index contributed by atoms with van der Waals surface area (Å²) < 4.78 is 5.22. The van der Waals surface area contributed by atoms with E-state index in [4.69, 9.17) is 22.1 Å². The molecule has 2 aromatic carbocycles. The number of urea groups is 1. The van der Waals surface area contributed by atoms with Gasteiger partial charge in [0, 0.05) is 23.8 Å². The Kier molecular flexibility index (Phi) is 6.76. The summed E-state index contributed by atoms with van der Waals surface area (Å²) in [5, 5.41) is 3.37. The molecule has 1 aliphatic rings. The zero-order valence-corrected chi connectivity index (χ0v) is 16.3. The van der Waals surface area contributed by atoms with E-state index in [1.54, 1.807) is 17.0 Å². The summed E-state index contributed by atoms with van der Waals surface area (Å²) in [6.45, 7) is 1.63. The van der Waals surface area contributed by atoms with Crippen LogP contribution < -0.4 is 11.1 Å². The number of benzene rings is 2. The summed E-state index contributed by atoms with van der Waals surface area (Å²) in [5.74, 6) is 0.541. The van der Waals surface area contributed by atoms with E-state index in [1.165, 1.54) is 5.56 Å². The van der Waals surface area contributed by atoms with Crippen molar-refractivity contribution in [2.45, 2.75) is 25.9 Å². The van der Waals surface area contributed by atoms with Gasteiger partial charge in [-0.25, -0.2) is 9.59 Å². The van der Waals surface area contributed by atoms with Crippen molar-refractivity contribution in [2.24, 2.45) is 11.7 Å². The molecule has 3 rings (SSSR count). The van der Waals surface area contributed by atoms with Crippen molar-refractivity contribution in [2.75, 3.05) is 18.4 Å². The van der Waals surface area contributed by atoms with Crippen molar-refractivity contribution in [3.63, 3.8) is 0 Å². The molecule has 0 bridgehead atoms. The fourth-order valence-electron chi connectivity index (χ4n) is 3.30. The Bertz CT molecular complexity index is 801. The highest BCUT2D eigenvalue weighted by molar-refractivity contribution is 6.30. The second-order valence-electron chi connectivity index (χ2n) is 7.00. The first kappa shape index (κ1) is 20.0. The van der Waals surface area contributed by atoms with Crippen molar-refractivity contribution in [3.05, 3.63) is 64.7 Å². The predicted molar refractivity (Wildman–Crippen MR) is 109 cm³/mol. The largest absolute Gasteiger partial charge is 0.444 e. The lowest BCUT2D eigenvalue weighted by Crippen LogP contribution is -2.41. The highest BCUT2D eigenvalue weighted by Crippen LogP contribution is 2.22. The lowest BCUT2D eigenvalue weighted by molar-refractivity contribution is 0.155. The molecular formula is C21H24ClN3O3. The number of likely N-dealkylation sites (tertiary alicyclic amines) is 1. The molecule has 148 valence electrons. The first-order valence-corrected chi connectivity index (χ1v) is 9.69. The number of carbonyl (C=O) groups excluding carboxylic acids is 2. The minimum absolute atomic E-state index is 0.186. The average Bonchev–Trinajstić information content (AvgIpc) is 2.69. The zero-order valence-electron chi connectivity index (χ0n) is 15.6. The summed E-state index contributed by atoms with van der Waals surface area (Å²) >= 11 is 5.83. The highest BCUT2D eigenvalue weighted by atomic mass is 35.5. The molecule has 0 aliphatic carbocycles. The van der Waals surface area contributed by atoms with Gasteiger partial charge in [0.25, 0.3) is 0 Å². The van der Waals surface area contributed by atoms with Gasteiger partial charge in [-0.1, -0.05) is 35.9 Å². The highest BCUT2D eigenvalue weighted by Gasteiger charge is 2.21. The number of nitrogens with two attached hydrogens (primary N) is 1. The number of nitrogens with one attached hydrogen (secondary N) is 1. The molecule has 6 nitrogen and oxygen atoms in total. The molecule has 2 aromatic rings. The van der Waals surface area contributed by atoms with Gasteiger partial charge in [-0.05, 0) is 60.6 Å². The number of hydrogen-bond acceptors (Lipinski definition) is 3. The second kappa shape index (κ2) is 9.46. The van der Waals surface area contributed by atoms with Crippen molar-refractivity contribution in [1.82, 2.24) is 4.90 Å². The van der Waals surface area contributed by atoms with Crippen molar-refractivity contribution in [1.29, 1.82) is 0 Å². The van der Waals surface area contributed by atoms with Gasteiger partial charge in [-0.2, -0.15) is 0 Å². The van der Waals surface area contributed by atoms with E-state index in [2.05, 4.69) is 5.32 Å². The van der Waals surface area contributed by atoms with Crippen LogP contribution in [0.5, 0.6) is 0 Å². The maximum atomic E-state index is 11.9. The molecule has 0 radical (unpaired) electrons. The Balaban J connectivity index is 1.43. The van der Waals surface area contributed by atoms with Crippen LogP contribution in [0.15, 0.2) is 48.5 Å². The molecule has 1 fully saturated rings. The summed E-state index contributed by atoms with van der Waals surface area (Å²) in [4.78, 5) is 24.8. The Morgan fingerprint density at radius 1 is 1.04 bits per heavy atom. The molecule has 3 amide bonds. The van der Waals surface area contributed by atoms with Crippen molar-refractivity contribution < 1.29 is 14.3 Å². The summed E-state index contributed by atoms with van der Waals surface area (Å²) in [5.41, 5.74) is 8.09. The third-order valence-electron chi connectivity index (χ3n) is 4.93. The number of primary amides is 1. The minimum Gasteiger partial charge on any atom is -0.444 e. The van der Waals surface area contributed by atoms with E-state index in [0.29, 0.717) is 16.6 Å². The van der Waals surface area contributed by atoms with Gasteiger partial charge < -0.3 is 15.4 Å². The number of amides is 3. The van der Waals surface area contributed by atoms with Crippen LogP contribution >= 0.6 is 11.6 Å². The van der Waals surface area contributed by atoms with E-state index >= 15 is 0 Å². The van der Waals surface area contributed by atoms with Gasteiger partial charge in [0.1, 0.15) is 6.61 Å². The van der Waals surface area contributed by atoms with E-state index in [9.17, 15) is 9.59 Å². The standard InChI is InChI=1S/C21H24ClN3O3/c22-18-5-1-17(2-6-18)14-28-21(27)24-19-7-3-15(4-8-19)13-16-9-11-25(12-10-16)20(23)26/h1-8,16H,9-14H2,(H2,23,26)(H,24,27). The topological polar surface area (TPSA) is 84.7 Å². The molecule has 0 atom stereocenters. The number of ether oxygens (including phenoxy) is 1. The molecule has 0 unspecified atom stereocenters. The van der Waals surface area contributed by atoms with E-state index in [-0.39, 0.29) is 12.6 Å². The lowest BCUT2D eigenvalue weighted by Gasteiger charge is -2.30. The Labute approximate surface area is 169 Å². The Morgan fingerprint density at radius 3 is 2.25 bits per heavy atom. The van der Waals surface area contributed by atoms with Gasteiger partial charge in [-0.15, -0.1) is 0 Å². The third-order valence-corrected chi connectivity index (χ3v) is 5.19. The molecule has 0 spiro atoms. The van der Waals surface area contributed by atoms with Gasteiger partial charge in [0.15, 0.2) is 0 Å². The van der Waals surface area contributed by atoms with Crippen LogP contribution in [0.4, 0.5) is 15.3 Å². The number of rotatable bonds is 5. The molecule has 1 heterocycles. The maximum Gasteiger partial charge on any atom is 0.411 e. The molecule has 7 heteroatoms. The second-order valence-corrected chi connectivity index (χ2v) is 7.43. The number of anilines is 1. The number of nitrogens with zero attached hydrogens (tertiary/aromatic N) is 1. The molecule has 0 saturated carbocycles. The molecule has 28 heavy (non-hydrogen) atoms. The summed E-state index contributed by atoms with van der Waals surface area (Å²) in [6, 6.07) is 14.6. The fraction of sp³-hybridized carbons (Fsp3) is 0.333. The van der Waals surface area contributed by atoms with Gasteiger partial charge in [-0.3, -0.25) is 5.32 Å². The van der Waals surface area contributed by atoms with Crippen LogP contribution in [0.3, 0.4) is 0 Å². The molecule has 3 N–H and O–H groups in total. The van der Waals surface area contributed by atoms with Crippen LogP contribution in [-0.4, -0.2) is 30.1 Å². The zero-order chi connectivity index (χ0) is 19.9. The fourth-order valence-corrected chi connectivity index (χ4v) is 3.42. The van der Waals surface area contributed by atoms with Crippen LogP contribution in [0.1, 0.15) is 24.0 Å². The first-order chi connectivity index (χ1) is 13.5. The van der Waals surface area contributed by atoms with E-state index < -0.39 is 6.09 Å². The van der Waals surface area contributed by atoms with E-state index in [1.807, 2.05) is 36.4 Å². The van der Waals surface area contributed by atoms with Crippen LogP contribution in [0.25, 0.3) is 0 Å². The van der Waals surface area contributed by atoms with Crippen LogP contribution in [0, 0.1) is 5.92 Å². The number of piperidine rings is 1. The monoisotopic (exact) mass is 401 g/mol. The lowest BCUT2D eigenvalue weighted by atomic mass is 9.90. The minimum atomic E-state index is -0.499. The quantitative estimate of drug-likeness (QED) is 0.777. The SMILES string of the molecule is NC(=O)N1CCC(Cc2ccc(NC(=O)OCc3ccc(Cl)cc3)cc2)CC1. The van der Waals surface area contributed by atoms with Crippen LogP contribution in [-0.2, 0) is 17.8 Å². The van der Waals surface area contributed by atoms with Crippen LogP contribution in [0.2, 0.25) is 5.02 Å². The summed E-state index contributed by atoms with van der Waals surface area (Å²) in [7, 11) is 0. The average molecular weight is 402 g/mol. The normalized spacial score (nSPS) is 14.5.